The first-order valence-corrected chi connectivity index (χ1v) is 7.40. The number of aryl methyl sites for hydroxylation is 1. The standard InChI is InChI=1S/C16H22N2O2/c1-10-13(7-8-20-10)16(17-2)12-3-5-14-11(9-12)4-6-15(19)18-14/h3,5,9-10,13,16-17H,4,6-8H2,1-2H3,(H,18,19). The SMILES string of the molecule is CNC(c1ccc2c(c1)CCC(=O)N2)C1CCOC1C. The van der Waals surface area contributed by atoms with Crippen LogP contribution in [-0.2, 0) is 16.0 Å². The molecule has 4 nitrogen and oxygen atoms in total. The molecule has 2 aliphatic rings. The molecule has 4 heteroatoms. The minimum absolute atomic E-state index is 0.119. The summed E-state index contributed by atoms with van der Waals surface area (Å²) in [4.78, 5) is 11.4. The van der Waals surface area contributed by atoms with E-state index in [0.717, 1.165) is 25.1 Å². The van der Waals surface area contributed by atoms with Crippen molar-refractivity contribution in [2.45, 2.75) is 38.3 Å². The van der Waals surface area contributed by atoms with Crippen LogP contribution in [0.1, 0.15) is 36.9 Å². The van der Waals surface area contributed by atoms with E-state index in [0.29, 0.717) is 24.5 Å². The Kier molecular flexibility index (Phi) is 3.76. The van der Waals surface area contributed by atoms with E-state index in [2.05, 4.69) is 29.7 Å². The molecule has 1 aromatic carbocycles. The first kappa shape index (κ1) is 13.6. The molecule has 0 aliphatic carbocycles. The Morgan fingerprint density at radius 1 is 1.40 bits per heavy atom. The summed E-state index contributed by atoms with van der Waals surface area (Å²) in [6, 6.07) is 6.71. The van der Waals surface area contributed by atoms with Crippen LogP contribution in [0.15, 0.2) is 18.2 Å². The highest BCUT2D eigenvalue weighted by atomic mass is 16.5. The number of ether oxygens (including phenoxy) is 1. The minimum atomic E-state index is 0.119. The molecule has 1 amide bonds. The normalized spacial score (nSPS) is 27.0. The maximum atomic E-state index is 11.4. The van der Waals surface area contributed by atoms with Crippen molar-refractivity contribution in [3.8, 4) is 0 Å². The molecule has 3 rings (SSSR count). The molecule has 20 heavy (non-hydrogen) atoms. The van der Waals surface area contributed by atoms with Crippen molar-refractivity contribution in [1.82, 2.24) is 5.32 Å². The molecule has 108 valence electrons. The van der Waals surface area contributed by atoms with Crippen molar-refractivity contribution in [1.29, 1.82) is 0 Å². The summed E-state index contributed by atoms with van der Waals surface area (Å²) in [6.45, 7) is 3.01. The Hall–Kier alpha value is -1.39. The van der Waals surface area contributed by atoms with Gasteiger partial charge in [-0.2, -0.15) is 0 Å². The Morgan fingerprint density at radius 3 is 2.95 bits per heavy atom. The van der Waals surface area contributed by atoms with Crippen molar-refractivity contribution < 1.29 is 9.53 Å². The van der Waals surface area contributed by atoms with Crippen LogP contribution in [-0.4, -0.2) is 25.7 Å². The topological polar surface area (TPSA) is 50.4 Å². The van der Waals surface area contributed by atoms with E-state index in [-0.39, 0.29) is 5.91 Å². The van der Waals surface area contributed by atoms with Crippen LogP contribution >= 0.6 is 0 Å². The second-order valence-electron chi connectivity index (χ2n) is 5.76. The zero-order valence-corrected chi connectivity index (χ0v) is 12.1. The van der Waals surface area contributed by atoms with Crippen molar-refractivity contribution in [2.75, 3.05) is 19.0 Å². The molecule has 2 aliphatic heterocycles. The quantitative estimate of drug-likeness (QED) is 0.889. The van der Waals surface area contributed by atoms with Crippen LogP contribution in [0.5, 0.6) is 0 Å². The van der Waals surface area contributed by atoms with E-state index in [9.17, 15) is 4.79 Å². The maximum Gasteiger partial charge on any atom is 0.224 e. The Morgan fingerprint density at radius 2 is 2.25 bits per heavy atom. The second-order valence-corrected chi connectivity index (χ2v) is 5.76. The van der Waals surface area contributed by atoms with Gasteiger partial charge in [-0.15, -0.1) is 0 Å². The van der Waals surface area contributed by atoms with Crippen LogP contribution in [0.2, 0.25) is 0 Å². The number of nitrogens with one attached hydrogen (secondary N) is 2. The third-order valence-electron chi connectivity index (χ3n) is 4.56. The van der Waals surface area contributed by atoms with Gasteiger partial charge in [0, 0.05) is 30.7 Å². The number of hydrogen-bond acceptors (Lipinski definition) is 3. The zero-order chi connectivity index (χ0) is 14.1. The number of carbonyl (C=O) groups is 1. The summed E-state index contributed by atoms with van der Waals surface area (Å²) in [5, 5.41) is 6.38. The lowest BCUT2D eigenvalue weighted by atomic mass is 9.86. The number of benzene rings is 1. The summed E-state index contributed by atoms with van der Waals surface area (Å²) in [7, 11) is 2.01. The summed E-state index contributed by atoms with van der Waals surface area (Å²) < 4.78 is 5.70. The summed E-state index contributed by atoms with van der Waals surface area (Å²) in [5.74, 6) is 0.629. The largest absolute Gasteiger partial charge is 0.378 e. The van der Waals surface area contributed by atoms with Crippen LogP contribution < -0.4 is 10.6 Å². The zero-order valence-electron chi connectivity index (χ0n) is 12.1. The number of amides is 1. The molecule has 3 unspecified atom stereocenters. The van der Waals surface area contributed by atoms with Gasteiger partial charge >= 0.3 is 0 Å². The summed E-state index contributed by atoms with van der Waals surface area (Å²) in [6.07, 6.45) is 2.81. The third-order valence-corrected chi connectivity index (χ3v) is 4.56. The fourth-order valence-corrected chi connectivity index (χ4v) is 3.41. The van der Waals surface area contributed by atoms with Gasteiger partial charge in [-0.05, 0) is 44.0 Å². The minimum Gasteiger partial charge on any atom is -0.378 e. The fraction of sp³-hybridized carbons (Fsp3) is 0.562. The van der Waals surface area contributed by atoms with E-state index in [1.807, 2.05) is 13.1 Å². The van der Waals surface area contributed by atoms with Gasteiger partial charge in [-0.25, -0.2) is 0 Å². The lowest BCUT2D eigenvalue weighted by Gasteiger charge is -2.27. The van der Waals surface area contributed by atoms with Crippen molar-refractivity contribution >= 4 is 11.6 Å². The molecule has 0 bridgehead atoms. The van der Waals surface area contributed by atoms with Gasteiger partial charge in [0.05, 0.1) is 6.10 Å². The van der Waals surface area contributed by atoms with Crippen molar-refractivity contribution in [2.24, 2.45) is 5.92 Å². The van der Waals surface area contributed by atoms with Gasteiger partial charge in [-0.1, -0.05) is 12.1 Å². The molecule has 1 fully saturated rings. The van der Waals surface area contributed by atoms with Gasteiger partial charge in [0.25, 0.3) is 0 Å². The maximum absolute atomic E-state index is 11.4. The first-order valence-electron chi connectivity index (χ1n) is 7.40. The highest BCUT2D eigenvalue weighted by molar-refractivity contribution is 5.93. The molecule has 2 N–H and O–H groups in total. The van der Waals surface area contributed by atoms with Crippen molar-refractivity contribution in [3.63, 3.8) is 0 Å². The van der Waals surface area contributed by atoms with E-state index in [4.69, 9.17) is 4.74 Å². The molecule has 2 heterocycles. The molecule has 3 atom stereocenters. The molecular formula is C16H22N2O2. The van der Waals surface area contributed by atoms with Gasteiger partial charge < -0.3 is 15.4 Å². The Labute approximate surface area is 119 Å². The third kappa shape index (κ3) is 2.45. The van der Waals surface area contributed by atoms with Gasteiger partial charge in [0.1, 0.15) is 0 Å². The molecule has 0 radical (unpaired) electrons. The van der Waals surface area contributed by atoms with Crippen LogP contribution in [0.25, 0.3) is 0 Å². The number of anilines is 1. The average molecular weight is 274 g/mol. The fourth-order valence-electron chi connectivity index (χ4n) is 3.41. The molecular weight excluding hydrogens is 252 g/mol. The molecule has 1 saturated heterocycles. The van der Waals surface area contributed by atoms with E-state index in [1.165, 1.54) is 11.1 Å². The van der Waals surface area contributed by atoms with Gasteiger partial charge in [0.15, 0.2) is 0 Å². The van der Waals surface area contributed by atoms with Crippen LogP contribution in [0.4, 0.5) is 5.69 Å². The summed E-state index contributed by atoms with van der Waals surface area (Å²) >= 11 is 0. The van der Waals surface area contributed by atoms with Crippen LogP contribution in [0.3, 0.4) is 0 Å². The molecule has 0 spiro atoms. The smallest absolute Gasteiger partial charge is 0.224 e. The first-order chi connectivity index (χ1) is 9.69. The van der Waals surface area contributed by atoms with Gasteiger partial charge in [-0.3, -0.25) is 4.79 Å². The number of carbonyl (C=O) groups excluding carboxylic acids is 1. The molecule has 0 aromatic heterocycles. The van der Waals surface area contributed by atoms with Crippen molar-refractivity contribution in [3.05, 3.63) is 29.3 Å². The molecule has 1 aromatic rings. The lowest BCUT2D eigenvalue weighted by molar-refractivity contribution is -0.116. The van der Waals surface area contributed by atoms with Crippen LogP contribution in [0, 0.1) is 5.92 Å². The average Bonchev–Trinajstić information content (AvgIpc) is 2.86. The Bertz CT molecular complexity index is 515. The van der Waals surface area contributed by atoms with E-state index < -0.39 is 0 Å². The second kappa shape index (κ2) is 5.54. The van der Waals surface area contributed by atoms with E-state index in [1.54, 1.807) is 0 Å². The number of hydrogen-bond donors (Lipinski definition) is 2. The predicted octanol–water partition coefficient (Wildman–Crippen LogP) is 2.26. The lowest BCUT2D eigenvalue weighted by Crippen LogP contribution is -2.30. The van der Waals surface area contributed by atoms with Gasteiger partial charge in [0.2, 0.25) is 5.91 Å². The predicted molar refractivity (Wildman–Crippen MR) is 78.7 cm³/mol. The number of fused-ring (bicyclic) bond motifs is 1. The highest BCUT2D eigenvalue weighted by Gasteiger charge is 2.32. The highest BCUT2D eigenvalue weighted by Crippen LogP contribution is 2.35. The van der Waals surface area contributed by atoms with E-state index >= 15 is 0 Å². The monoisotopic (exact) mass is 274 g/mol. The Balaban J connectivity index is 1.87. The number of rotatable bonds is 3. The molecule has 0 saturated carbocycles. The summed E-state index contributed by atoms with van der Waals surface area (Å²) in [5.41, 5.74) is 3.51.